The van der Waals surface area contributed by atoms with Crippen LogP contribution in [-0.4, -0.2) is 31.7 Å². The number of hydrogen-bond acceptors (Lipinski definition) is 3. The molecule has 3 heteroatoms. The van der Waals surface area contributed by atoms with E-state index >= 15 is 0 Å². The average molecular weight is 272 g/mol. The summed E-state index contributed by atoms with van der Waals surface area (Å²) in [6, 6.07) is 0. The molecule has 0 spiro atoms. The third-order valence-corrected chi connectivity index (χ3v) is 5.16. The normalized spacial score (nSPS) is 28.8. The van der Waals surface area contributed by atoms with Crippen LogP contribution in [0.5, 0.6) is 0 Å². The summed E-state index contributed by atoms with van der Waals surface area (Å²) in [5.74, 6) is 0.971. The highest BCUT2D eigenvalue weighted by atomic mass is 32.1. The summed E-state index contributed by atoms with van der Waals surface area (Å²) in [7, 11) is 0. The van der Waals surface area contributed by atoms with Crippen molar-refractivity contribution >= 4 is 12.6 Å². The Kier molecular flexibility index (Phi) is 6.33. The highest BCUT2D eigenvalue weighted by Gasteiger charge is 2.30. The van der Waals surface area contributed by atoms with Gasteiger partial charge in [-0.3, -0.25) is 0 Å². The smallest absolute Gasteiger partial charge is 0.0808 e. The van der Waals surface area contributed by atoms with Crippen LogP contribution >= 0.6 is 12.6 Å². The lowest BCUT2D eigenvalue weighted by atomic mass is 9.83. The zero-order valence-corrected chi connectivity index (χ0v) is 12.4. The van der Waals surface area contributed by atoms with Gasteiger partial charge >= 0.3 is 0 Å². The van der Waals surface area contributed by atoms with Crippen molar-refractivity contribution in [1.29, 1.82) is 0 Å². The highest BCUT2D eigenvalue weighted by Crippen LogP contribution is 2.36. The van der Waals surface area contributed by atoms with Gasteiger partial charge in [0.2, 0.25) is 0 Å². The first kappa shape index (κ1) is 14.7. The second-order valence-electron chi connectivity index (χ2n) is 6.08. The molecule has 106 valence electrons. The average Bonchev–Trinajstić information content (AvgIpc) is 2.66. The van der Waals surface area contributed by atoms with Gasteiger partial charge in [0, 0.05) is 12.0 Å². The summed E-state index contributed by atoms with van der Waals surface area (Å²) < 4.78 is 11.7. The van der Waals surface area contributed by atoms with E-state index in [0.717, 1.165) is 25.6 Å². The number of hydrogen-bond donors (Lipinski definition) is 1. The largest absolute Gasteiger partial charge is 0.378 e. The van der Waals surface area contributed by atoms with E-state index in [-0.39, 0.29) is 0 Å². The second kappa shape index (κ2) is 7.76. The van der Waals surface area contributed by atoms with Crippen LogP contribution in [0.2, 0.25) is 0 Å². The fraction of sp³-hybridized carbons (Fsp3) is 1.00. The Bertz CT molecular complexity index is 219. The monoisotopic (exact) mass is 272 g/mol. The Labute approximate surface area is 117 Å². The van der Waals surface area contributed by atoms with Gasteiger partial charge in [-0.2, -0.15) is 12.6 Å². The molecule has 0 aromatic carbocycles. The molecule has 18 heavy (non-hydrogen) atoms. The summed E-state index contributed by atoms with van der Waals surface area (Å²) in [6.07, 6.45) is 12.1. The molecule has 2 nitrogen and oxygen atoms in total. The molecule has 0 bridgehead atoms. The van der Waals surface area contributed by atoms with E-state index in [1.807, 2.05) is 0 Å². The molecule has 0 aromatic heterocycles. The first-order valence-corrected chi connectivity index (χ1v) is 8.28. The molecule has 1 aliphatic heterocycles. The molecular weight excluding hydrogens is 244 g/mol. The van der Waals surface area contributed by atoms with Crippen LogP contribution in [0.15, 0.2) is 0 Å². The third kappa shape index (κ3) is 4.43. The van der Waals surface area contributed by atoms with Gasteiger partial charge in [0.05, 0.1) is 19.3 Å². The van der Waals surface area contributed by atoms with E-state index in [9.17, 15) is 0 Å². The van der Waals surface area contributed by atoms with Gasteiger partial charge in [0.25, 0.3) is 0 Å². The van der Waals surface area contributed by atoms with Crippen LogP contribution < -0.4 is 0 Å². The van der Waals surface area contributed by atoms with Crippen LogP contribution in [0.1, 0.15) is 57.8 Å². The van der Waals surface area contributed by atoms with Crippen molar-refractivity contribution in [3.8, 4) is 0 Å². The highest BCUT2D eigenvalue weighted by molar-refractivity contribution is 7.80. The van der Waals surface area contributed by atoms with Crippen molar-refractivity contribution in [2.75, 3.05) is 25.6 Å². The molecule has 0 aromatic rings. The lowest BCUT2D eigenvalue weighted by Crippen LogP contribution is -2.32. The van der Waals surface area contributed by atoms with Gasteiger partial charge in [0.15, 0.2) is 0 Å². The SMILES string of the molecule is SCC1(COCC2CCCCO2)CCCCCC1. The predicted molar refractivity (Wildman–Crippen MR) is 78.4 cm³/mol. The van der Waals surface area contributed by atoms with Crippen LogP contribution in [0, 0.1) is 5.41 Å². The summed E-state index contributed by atoms with van der Waals surface area (Å²) in [6.45, 7) is 2.59. The first-order valence-electron chi connectivity index (χ1n) is 7.65. The molecule has 0 N–H and O–H groups in total. The third-order valence-electron chi connectivity index (χ3n) is 4.49. The van der Waals surface area contributed by atoms with Crippen molar-refractivity contribution in [3.63, 3.8) is 0 Å². The van der Waals surface area contributed by atoms with Crippen molar-refractivity contribution in [1.82, 2.24) is 0 Å². The molecule has 1 atom stereocenters. The second-order valence-corrected chi connectivity index (χ2v) is 6.39. The Morgan fingerprint density at radius 2 is 1.83 bits per heavy atom. The summed E-state index contributed by atoms with van der Waals surface area (Å²) in [5.41, 5.74) is 0.342. The quantitative estimate of drug-likeness (QED) is 0.605. The van der Waals surface area contributed by atoms with Gasteiger partial charge < -0.3 is 9.47 Å². The lowest BCUT2D eigenvalue weighted by molar-refractivity contribution is -0.0579. The molecule has 2 rings (SSSR count). The molecule has 1 unspecified atom stereocenters. The molecule has 1 heterocycles. The minimum Gasteiger partial charge on any atom is -0.378 e. The molecule has 2 fully saturated rings. The topological polar surface area (TPSA) is 18.5 Å². The standard InChI is InChI=1S/C15H28O2S/c18-13-15(8-4-1-2-5-9-15)12-16-11-14-7-3-6-10-17-14/h14,18H,1-13H2. The molecule has 2 aliphatic rings. The molecule has 1 saturated carbocycles. The zero-order chi connectivity index (χ0) is 12.7. The Balaban J connectivity index is 1.71. The van der Waals surface area contributed by atoms with Gasteiger partial charge in [-0.05, 0) is 37.9 Å². The minimum absolute atomic E-state index is 0.342. The first-order chi connectivity index (χ1) is 8.85. The van der Waals surface area contributed by atoms with E-state index in [1.165, 1.54) is 57.8 Å². The fourth-order valence-corrected chi connectivity index (χ4v) is 3.58. The maximum atomic E-state index is 5.99. The summed E-state index contributed by atoms with van der Waals surface area (Å²) in [4.78, 5) is 0. The van der Waals surface area contributed by atoms with Gasteiger partial charge in [0.1, 0.15) is 0 Å². The summed E-state index contributed by atoms with van der Waals surface area (Å²) in [5, 5.41) is 0. The zero-order valence-electron chi connectivity index (χ0n) is 11.5. The molecule has 0 amide bonds. The van der Waals surface area contributed by atoms with Crippen molar-refractivity contribution in [2.45, 2.75) is 63.9 Å². The number of rotatable bonds is 5. The number of ether oxygens (including phenoxy) is 2. The van der Waals surface area contributed by atoms with Crippen molar-refractivity contribution in [2.24, 2.45) is 5.41 Å². The molecule has 1 aliphatic carbocycles. The summed E-state index contributed by atoms with van der Waals surface area (Å²) >= 11 is 4.59. The van der Waals surface area contributed by atoms with E-state index in [0.29, 0.717) is 11.5 Å². The van der Waals surface area contributed by atoms with Crippen LogP contribution in [0.25, 0.3) is 0 Å². The van der Waals surface area contributed by atoms with E-state index < -0.39 is 0 Å². The predicted octanol–water partition coefficient (Wildman–Crippen LogP) is 3.84. The van der Waals surface area contributed by atoms with Crippen molar-refractivity contribution in [3.05, 3.63) is 0 Å². The Hall–Kier alpha value is 0.270. The maximum absolute atomic E-state index is 5.99. The van der Waals surface area contributed by atoms with Crippen LogP contribution in [0.4, 0.5) is 0 Å². The van der Waals surface area contributed by atoms with Gasteiger partial charge in [-0.1, -0.05) is 25.7 Å². The lowest BCUT2D eigenvalue weighted by Gasteiger charge is -2.32. The molecular formula is C15H28O2S. The van der Waals surface area contributed by atoms with E-state index in [4.69, 9.17) is 9.47 Å². The van der Waals surface area contributed by atoms with E-state index in [2.05, 4.69) is 12.6 Å². The van der Waals surface area contributed by atoms with Crippen LogP contribution in [-0.2, 0) is 9.47 Å². The fourth-order valence-electron chi connectivity index (χ4n) is 3.17. The minimum atomic E-state index is 0.342. The van der Waals surface area contributed by atoms with Gasteiger partial charge in [-0.25, -0.2) is 0 Å². The molecule has 0 radical (unpaired) electrons. The van der Waals surface area contributed by atoms with Gasteiger partial charge in [-0.15, -0.1) is 0 Å². The maximum Gasteiger partial charge on any atom is 0.0808 e. The Morgan fingerprint density at radius 1 is 1.06 bits per heavy atom. The van der Waals surface area contributed by atoms with Crippen molar-refractivity contribution < 1.29 is 9.47 Å². The number of thiol groups is 1. The molecule has 1 saturated heterocycles. The Morgan fingerprint density at radius 3 is 2.44 bits per heavy atom. The van der Waals surface area contributed by atoms with E-state index in [1.54, 1.807) is 0 Å². The van der Waals surface area contributed by atoms with Crippen LogP contribution in [0.3, 0.4) is 0 Å².